The van der Waals surface area contributed by atoms with E-state index >= 15 is 0 Å². The molecule has 0 saturated heterocycles. The molecule has 104 valence electrons. The van der Waals surface area contributed by atoms with Gasteiger partial charge in [0.2, 0.25) is 0 Å². The summed E-state index contributed by atoms with van der Waals surface area (Å²) in [5.41, 5.74) is 0.905. The SMILES string of the molecule is COc1ccc(CN[C@@H](CCC(=O)O)C(=O)O)cc1. The molecule has 1 aromatic rings. The fourth-order valence-electron chi connectivity index (χ4n) is 1.57. The van der Waals surface area contributed by atoms with E-state index in [1.807, 2.05) is 12.1 Å². The standard InChI is InChI=1S/C13H17NO5/c1-19-10-4-2-9(3-5-10)8-14-11(13(17)18)6-7-12(15)16/h2-5,11,14H,6-8H2,1H3,(H,15,16)(H,17,18)/t11-/m0/s1. The maximum atomic E-state index is 11.0. The average Bonchev–Trinajstić information content (AvgIpc) is 2.38. The van der Waals surface area contributed by atoms with E-state index in [1.54, 1.807) is 19.2 Å². The molecular formula is C13H17NO5. The van der Waals surface area contributed by atoms with Crippen LogP contribution >= 0.6 is 0 Å². The summed E-state index contributed by atoms with van der Waals surface area (Å²) in [4.78, 5) is 21.4. The Morgan fingerprint density at radius 1 is 1.26 bits per heavy atom. The van der Waals surface area contributed by atoms with Crippen molar-refractivity contribution in [2.45, 2.75) is 25.4 Å². The van der Waals surface area contributed by atoms with Gasteiger partial charge in [0.15, 0.2) is 0 Å². The number of carbonyl (C=O) groups is 2. The van der Waals surface area contributed by atoms with E-state index in [9.17, 15) is 9.59 Å². The maximum absolute atomic E-state index is 11.0. The van der Waals surface area contributed by atoms with E-state index in [2.05, 4.69) is 5.32 Å². The summed E-state index contributed by atoms with van der Waals surface area (Å²) in [5, 5.41) is 20.3. The van der Waals surface area contributed by atoms with Gasteiger partial charge in [-0.05, 0) is 24.1 Å². The molecule has 0 fully saturated rings. The van der Waals surface area contributed by atoms with Crippen LogP contribution < -0.4 is 10.1 Å². The molecule has 0 aliphatic rings. The van der Waals surface area contributed by atoms with E-state index in [0.717, 1.165) is 11.3 Å². The predicted molar refractivity (Wildman–Crippen MR) is 68.1 cm³/mol. The largest absolute Gasteiger partial charge is 0.497 e. The summed E-state index contributed by atoms with van der Waals surface area (Å²) >= 11 is 0. The lowest BCUT2D eigenvalue weighted by Gasteiger charge is -2.13. The van der Waals surface area contributed by atoms with E-state index in [1.165, 1.54) is 0 Å². The van der Waals surface area contributed by atoms with Crippen molar-refractivity contribution in [1.29, 1.82) is 0 Å². The van der Waals surface area contributed by atoms with Crippen molar-refractivity contribution in [3.05, 3.63) is 29.8 Å². The molecule has 0 aliphatic carbocycles. The number of methoxy groups -OCH3 is 1. The van der Waals surface area contributed by atoms with Crippen LogP contribution in [-0.2, 0) is 16.1 Å². The van der Waals surface area contributed by atoms with Gasteiger partial charge in [0, 0.05) is 13.0 Å². The molecule has 0 spiro atoms. The molecule has 0 saturated carbocycles. The maximum Gasteiger partial charge on any atom is 0.320 e. The van der Waals surface area contributed by atoms with Crippen LogP contribution in [0.5, 0.6) is 5.75 Å². The molecule has 6 nitrogen and oxygen atoms in total. The molecule has 0 heterocycles. The monoisotopic (exact) mass is 267 g/mol. The molecule has 3 N–H and O–H groups in total. The fourth-order valence-corrected chi connectivity index (χ4v) is 1.57. The molecule has 19 heavy (non-hydrogen) atoms. The zero-order valence-corrected chi connectivity index (χ0v) is 10.6. The number of carboxylic acids is 2. The van der Waals surface area contributed by atoms with Crippen molar-refractivity contribution in [3.8, 4) is 5.75 Å². The zero-order chi connectivity index (χ0) is 14.3. The summed E-state index contributed by atoms with van der Waals surface area (Å²) in [5.74, 6) is -1.32. The summed E-state index contributed by atoms with van der Waals surface area (Å²) in [6.07, 6.45) is -0.118. The van der Waals surface area contributed by atoms with Crippen molar-refractivity contribution >= 4 is 11.9 Å². The molecule has 0 unspecified atom stereocenters. The predicted octanol–water partition coefficient (Wildman–Crippen LogP) is 1.10. The summed E-state index contributed by atoms with van der Waals surface area (Å²) < 4.78 is 5.02. The van der Waals surface area contributed by atoms with Gasteiger partial charge in [-0.1, -0.05) is 12.1 Å². The molecule has 1 aromatic carbocycles. The lowest BCUT2D eigenvalue weighted by molar-refractivity contribution is -0.140. The minimum atomic E-state index is -1.05. The number of aliphatic carboxylic acids is 2. The van der Waals surface area contributed by atoms with Gasteiger partial charge in [0.25, 0.3) is 0 Å². The molecule has 6 heteroatoms. The average molecular weight is 267 g/mol. The number of nitrogens with one attached hydrogen (secondary N) is 1. The van der Waals surface area contributed by atoms with Crippen LogP contribution in [0.25, 0.3) is 0 Å². The Bertz CT molecular complexity index is 429. The molecule has 0 aliphatic heterocycles. The second-order valence-electron chi connectivity index (χ2n) is 4.05. The normalized spacial score (nSPS) is 11.8. The first-order valence-electron chi connectivity index (χ1n) is 5.84. The first-order valence-corrected chi connectivity index (χ1v) is 5.84. The summed E-state index contributed by atoms with van der Waals surface area (Å²) in [7, 11) is 1.57. The number of hydrogen-bond acceptors (Lipinski definition) is 4. The highest BCUT2D eigenvalue weighted by Gasteiger charge is 2.17. The number of rotatable bonds is 8. The number of ether oxygens (including phenoxy) is 1. The Hall–Kier alpha value is -2.08. The van der Waals surface area contributed by atoms with Crippen LogP contribution in [0.2, 0.25) is 0 Å². The first-order chi connectivity index (χ1) is 9.02. The van der Waals surface area contributed by atoms with Gasteiger partial charge in [-0.15, -0.1) is 0 Å². The van der Waals surface area contributed by atoms with Crippen LogP contribution in [0.15, 0.2) is 24.3 Å². The lowest BCUT2D eigenvalue weighted by atomic mass is 10.1. The highest BCUT2D eigenvalue weighted by atomic mass is 16.5. The molecule has 0 bridgehead atoms. The highest BCUT2D eigenvalue weighted by Crippen LogP contribution is 2.11. The van der Waals surface area contributed by atoms with E-state index < -0.39 is 18.0 Å². The van der Waals surface area contributed by atoms with Crippen LogP contribution in [-0.4, -0.2) is 35.3 Å². The Morgan fingerprint density at radius 2 is 1.89 bits per heavy atom. The van der Waals surface area contributed by atoms with Crippen molar-refractivity contribution in [2.24, 2.45) is 0 Å². The first kappa shape index (κ1) is 15.0. The van der Waals surface area contributed by atoms with Gasteiger partial charge >= 0.3 is 11.9 Å². The molecule has 0 amide bonds. The van der Waals surface area contributed by atoms with Crippen LogP contribution in [0.1, 0.15) is 18.4 Å². The third kappa shape index (κ3) is 5.39. The minimum Gasteiger partial charge on any atom is -0.497 e. The Balaban J connectivity index is 2.50. The Labute approximate surface area is 111 Å². The molecular weight excluding hydrogens is 250 g/mol. The van der Waals surface area contributed by atoms with Crippen LogP contribution in [0.3, 0.4) is 0 Å². The van der Waals surface area contributed by atoms with E-state index in [-0.39, 0.29) is 12.8 Å². The van der Waals surface area contributed by atoms with E-state index in [0.29, 0.717) is 6.54 Å². The minimum absolute atomic E-state index is 0.0564. The topological polar surface area (TPSA) is 95.9 Å². The molecule has 1 rings (SSSR count). The second-order valence-corrected chi connectivity index (χ2v) is 4.05. The van der Waals surface area contributed by atoms with Gasteiger partial charge in [0.05, 0.1) is 7.11 Å². The molecule has 0 radical (unpaired) electrons. The van der Waals surface area contributed by atoms with Crippen molar-refractivity contribution in [2.75, 3.05) is 7.11 Å². The van der Waals surface area contributed by atoms with Crippen molar-refractivity contribution in [3.63, 3.8) is 0 Å². The number of hydrogen-bond donors (Lipinski definition) is 3. The quantitative estimate of drug-likeness (QED) is 0.653. The van der Waals surface area contributed by atoms with Gasteiger partial charge in [0.1, 0.15) is 11.8 Å². The highest BCUT2D eigenvalue weighted by molar-refractivity contribution is 5.75. The zero-order valence-electron chi connectivity index (χ0n) is 10.6. The number of benzene rings is 1. The smallest absolute Gasteiger partial charge is 0.320 e. The van der Waals surface area contributed by atoms with Crippen LogP contribution in [0.4, 0.5) is 0 Å². The summed E-state index contributed by atoms with van der Waals surface area (Å²) in [6.45, 7) is 0.362. The van der Waals surface area contributed by atoms with Gasteiger partial charge < -0.3 is 20.3 Å². The van der Waals surface area contributed by atoms with Crippen molar-refractivity contribution in [1.82, 2.24) is 5.32 Å². The number of carboxylic acid groups (broad SMARTS) is 2. The van der Waals surface area contributed by atoms with E-state index in [4.69, 9.17) is 14.9 Å². The molecule has 1 atom stereocenters. The third-order valence-corrected chi connectivity index (χ3v) is 2.66. The van der Waals surface area contributed by atoms with Gasteiger partial charge in [-0.2, -0.15) is 0 Å². The second kappa shape index (κ2) is 7.38. The Morgan fingerprint density at radius 3 is 2.37 bits per heavy atom. The van der Waals surface area contributed by atoms with Crippen molar-refractivity contribution < 1.29 is 24.5 Å². The molecule has 0 aromatic heterocycles. The van der Waals surface area contributed by atoms with Gasteiger partial charge in [-0.25, -0.2) is 0 Å². The third-order valence-electron chi connectivity index (χ3n) is 2.66. The Kier molecular flexibility index (Phi) is 5.81. The fraction of sp³-hybridized carbons (Fsp3) is 0.385. The van der Waals surface area contributed by atoms with Crippen LogP contribution in [0, 0.1) is 0 Å². The summed E-state index contributed by atoms with van der Waals surface area (Å²) in [6, 6.07) is 6.34. The lowest BCUT2D eigenvalue weighted by Crippen LogP contribution is -2.36. The van der Waals surface area contributed by atoms with Gasteiger partial charge in [-0.3, -0.25) is 9.59 Å².